The van der Waals surface area contributed by atoms with Crippen LogP contribution in [0.3, 0.4) is 0 Å². The predicted molar refractivity (Wildman–Crippen MR) is 77.9 cm³/mol. The number of nitrogens with one attached hydrogen (secondary N) is 1. The normalized spacial score (nSPS) is 10.4. The van der Waals surface area contributed by atoms with E-state index < -0.39 is 5.97 Å². The van der Waals surface area contributed by atoms with E-state index in [0.717, 1.165) is 19.6 Å². The Bertz CT molecular complexity index is 456. The van der Waals surface area contributed by atoms with Gasteiger partial charge in [-0.15, -0.1) is 0 Å². The number of para-hydroxylation sites is 1. The zero-order chi connectivity index (χ0) is 15.0. The number of rotatable bonds is 7. The Labute approximate surface area is 119 Å². The summed E-state index contributed by atoms with van der Waals surface area (Å²) < 4.78 is 5.03. The molecule has 0 saturated carbocycles. The highest BCUT2D eigenvalue weighted by Gasteiger charge is 2.13. The van der Waals surface area contributed by atoms with Crippen molar-refractivity contribution in [3.05, 3.63) is 29.8 Å². The van der Waals surface area contributed by atoms with Crippen LogP contribution in [0.5, 0.6) is 5.75 Å². The van der Waals surface area contributed by atoms with Crippen molar-refractivity contribution in [2.24, 2.45) is 0 Å². The van der Waals surface area contributed by atoms with E-state index in [1.807, 2.05) is 0 Å². The lowest BCUT2D eigenvalue weighted by Gasteiger charge is -2.18. The minimum Gasteiger partial charge on any atom is -0.426 e. The highest BCUT2D eigenvalue weighted by molar-refractivity contribution is 5.97. The van der Waals surface area contributed by atoms with Crippen molar-refractivity contribution >= 4 is 11.9 Å². The molecule has 1 N–H and O–H groups in total. The largest absolute Gasteiger partial charge is 0.426 e. The fourth-order valence-corrected chi connectivity index (χ4v) is 1.86. The standard InChI is InChI=1S/C15H22N2O3/c1-4-17(5-2)11-10-16-15(19)13-8-6-7-9-14(13)20-12(3)18/h6-9H,4-5,10-11H2,1-3H3,(H,16,19). The molecule has 5 nitrogen and oxygen atoms in total. The van der Waals surface area contributed by atoms with Gasteiger partial charge in [0.2, 0.25) is 0 Å². The molecule has 1 amide bonds. The molecule has 1 aromatic carbocycles. The van der Waals surface area contributed by atoms with Gasteiger partial charge in [-0.2, -0.15) is 0 Å². The third-order valence-corrected chi connectivity index (χ3v) is 2.99. The van der Waals surface area contributed by atoms with Crippen molar-refractivity contribution in [2.45, 2.75) is 20.8 Å². The van der Waals surface area contributed by atoms with Gasteiger partial charge in [0.05, 0.1) is 5.56 Å². The number of hydrogen-bond acceptors (Lipinski definition) is 4. The van der Waals surface area contributed by atoms with Gasteiger partial charge in [0, 0.05) is 20.0 Å². The van der Waals surface area contributed by atoms with Gasteiger partial charge < -0.3 is 15.0 Å². The molecular formula is C15H22N2O3. The molecule has 0 bridgehead atoms. The molecule has 0 fully saturated rings. The van der Waals surface area contributed by atoms with Crippen LogP contribution in [0.4, 0.5) is 0 Å². The summed E-state index contributed by atoms with van der Waals surface area (Å²) in [6, 6.07) is 6.73. The Morgan fingerprint density at radius 2 is 1.85 bits per heavy atom. The molecule has 0 aromatic heterocycles. The van der Waals surface area contributed by atoms with Crippen LogP contribution in [0.1, 0.15) is 31.1 Å². The molecule has 5 heteroatoms. The maximum absolute atomic E-state index is 12.1. The summed E-state index contributed by atoms with van der Waals surface area (Å²) in [5.41, 5.74) is 0.377. The number of esters is 1. The Kier molecular flexibility index (Phi) is 6.73. The summed E-state index contributed by atoms with van der Waals surface area (Å²) in [5, 5.41) is 2.84. The summed E-state index contributed by atoms with van der Waals surface area (Å²) in [7, 11) is 0. The lowest BCUT2D eigenvalue weighted by atomic mass is 10.2. The zero-order valence-electron chi connectivity index (χ0n) is 12.3. The highest BCUT2D eigenvalue weighted by atomic mass is 16.5. The van der Waals surface area contributed by atoms with E-state index in [1.165, 1.54) is 6.92 Å². The molecule has 0 atom stereocenters. The summed E-state index contributed by atoms with van der Waals surface area (Å²) in [4.78, 5) is 25.3. The van der Waals surface area contributed by atoms with Gasteiger partial charge in [-0.1, -0.05) is 26.0 Å². The first kappa shape index (κ1) is 16.2. The van der Waals surface area contributed by atoms with E-state index in [0.29, 0.717) is 17.9 Å². The van der Waals surface area contributed by atoms with Crippen molar-refractivity contribution < 1.29 is 14.3 Å². The van der Waals surface area contributed by atoms with Crippen LogP contribution in [0.15, 0.2) is 24.3 Å². The second kappa shape index (κ2) is 8.32. The maximum Gasteiger partial charge on any atom is 0.308 e. The first-order chi connectivity index (χ1) is 9.58. The minimum atomic E-state index is -0.437. The first-order valence-corrected chi connectivity index (χ1v) is 6.86. The molecule has 20 heavy (non-hydrogen) atoms. The second-order valence-electron chi connectivity index (χ2n) is 4.37. The molecule has 0 aliphatic rings. The molecule has 1 rings (SSSR count). The number of benzene rings is 1. The highest BCUT2D eigenvalue weighted by Crippen LogP contribution is 2.17. The number of likely N-dealkylation sites (N-methyl/N-ethyl adjacent to an activating group) is 1. The Balaban J connectivity index is 2.61. The third-order valence-electron chi connectivity index (χ3n) is 2.99. The average Bonchev–Trinajstić information content (AvgIpc) is 2.43. The molecule has 0 aliphatic heterocycles. The van der Waals surface area contributed by atoms with E-state index >= 15 is 0 Å². The average molecular weight is 278 g/mol. The van der Waals surface area contributed by atoms with E-state index in [4.69, 9.17) is 4.74 Å². The van der Waals surface area contributed by atoms with E-state index in [-0.39, 0.29) is 5.91 Å². The quantitative estimate of drug-likeness (QED) is 0.609. The van der Waals surface area contributed by atoms with Gasteiger partial charge in [-0.3, -0.25) is 9.59 Å². The maximum atomic E-state index is 12.1. The number of carbonyl (C=O) groups is 2. The van der Waals surface area contributed by atoms with Gasteiger partial charge in [0.15, 0.2) is 0 Å². The minimum absolute atomic E-state index is 0.228. The molecule has 0 aliphatic carbocycles. The fourth-order valence-electron chi connectivity index (χ4n) is 1.86. The van der Waals surface area contributed by atoms with Crippen LogP contribution >= 0.6 is 0 Å². The number of nitrogens with zero attached hydrogens (tertiary/aromatic N) is 1. The SMILES string of the molecule is CCN(CC)CCNC(=O)c1ccccc1OC(C)=O. The Hall–Kier alpha value is -1.88. The predicted octanol–water partition coefficient (Wildman–Crippen LogP) is 1.68. The lowest BCUT2D eigenvalue weighted by molar-refractivity contribution is -0.131. The number of ether oxygens (including phenoxy) is 1. The van der Waals surface area contributed by atoms with Crippen LogP contribution in [0.2, 0.25) is 0 Å². The molecular weight excluding hydrogens is 256 g/mol. The van der Waals surface area contributed by atoms with Gasteiger partial charge in [-0.25, -0.2) is 0 Å². The zero-order valence-corrected chi connectivity index (χ0v) is 12.3. The van der Waals surface area contributed by atoms with Crippen molar-refractivity contribution in [1.82, 2.24) is 10.2 Å². The molecule has 0 saturated heterocycles. The van der Waals surface area contributed by atoms with Crippen LogP contribution in [0.25, 0.3) is 0 Å². The first-order valence-electron chi connectivity index (χ1n) is 6.86. The van der Waals surface area contributed by atoms with Gasteiger partial charge >= 0.3 is 5.97 Å². The topological polar surface area (TPSA) is 58.6 Å². The molecule has 0 heterocycles. The van der Waals surface area contributed by atoms with E-state index in [2.05, 4.69) is 24.1 Å². The summed E-state index contributed by atoms with van der Waals surface area (Å²) in [6.07, 6.45) is 0. The van der Waals surface area contributed by atoms with Crippen molar-refractivity contribution in [3.63, 3.8) is 0 Å². The van der Waals surface area contributed by atoms with E-state index in [1.54, 1.807) is 24.3 Å². The van der Waals surface area contributed by atoms with Gasteiger partial charge in [0.1, 0.15) is 5.75 Å². The monoisotopic (exact) mass is 278 g/mol. The third kappa shape index (κ3) is 5.01. The lowest BCUT2D eigenvalue weighted by Crippen LogP contribution is -2.35. The summed E-state index contributed by atoms with van der Waals surface area (Å²) >= 11 is 0. The van der Waals surface area contributed by atoms with Crippen LogP contribution in [0, 0.1) is 0 Å². The molecule has 1 aromatic rings. The number of carbonyl (C=O) groups excluding carboxylic acids is 2. The Morgan fingerprint density at radius 1 is 1.20 bits per heavy atom. The van der Waals surface area contributed by atoms with Crippen LogP contribution in [-0.4, -0.2) is 43.0 Å². The van der Waals surface area contributed by atoms with Crippen molar-refractivity contribution in [1.29, 1.82) is 0 Å². The van der Waals surface area contributed by atoms with Crippen LogP contribution in [-0.2, 0) is 4.79 Å². The smallest absolute Gasteiger partial charge is 0.308 e. The molecule has 0 spiro atoms. The van der Waals surface area contributed by atoms with Crippen molar-refractivity contribution in [2.75, 3.05) is 26.2 Å². The summed E-state index contributed by atoms with van der Waals surface area (Å²) in [5.74, 6) is -0.372. The summed E-state index contributed by atoms with van der Waals surface area (Å²) in [6.45, 7) is 8.76. The molecule has 0 radical (unpaired) electrons. The van der Waals surface area contributed by atoms with E-state index in [9.17, 15) is 9.59 Å². The van der Waals surface area contributed by atoms with Gasteiger partial charge in [0.25, 0.3) is 5.91 Å². The Morgan fingerprint density at radius 3 is 2.45 bits per heavy atom. The number of amides is 1. The molecule has 110 valence electrons. The fraction of sp³-hybridized carbons (Fsp3) is 0.467. The second-order valence-corrected chi connectivity index (χ2v) is 4.37. The van der Waals surface area contributed by atoms with Crippen LogP contribution < -0.4 is 10.1 Å². The number of hydrogen-bond donors (Lipinski definition) is 1. The molecule has 0 unspecified atom stereocenters. The van der Waals surface area contributed by atoms with Crippen molar-refractivity contribution in [3.8, 4) is 5.75 Å². The van der Waals surface area contributed by atoms with Gasteiger partial charge in [-0.05, 0) is 25.2 Å².